The number of benzene rings is 1. The minimum Gasteiger partial charge on any atom is -0.497 e. The van der Waals surface area contributed by atoms with Gasteiger partial charge in [0.1, 0.15) is 28.5 Å². The van der Waals surface area contributed by atoms with Crippen LogP contribution in [0.25, 0.3) is 10.2 Å². The number of thiophene rings is 1. The van der Waals surface area contributed by atoms with Crippen LogP contribution in [0, 0.1) is 6.92 Å². The van der Waals surface area contributed by atoms with Crippen molar-refractivity contribution in [2.45, 2.75) is 32.6 Å². The molecule has 1 fully saturated rings. The van der Waals surface area contributed by atoms with Gasteiger partial charge in [0.05, 0.1) is 24.5 Å². The van der Waals surface area contributed by atoms with Crippen LogP contribution in [-0.2, 0) is 0 Å². The van der Waals surface area contributed by atoms with Crippen molar-refractivity contribution in [3.05, 3.63) is 35.0 Å². The van der Waals surface area contributed by atoms with Gasteiger partial charge in [-0.25, -0.2) is 9.97 Å². The lowest BCUT2D eigenvalue weighted by atomic mass is 10.1. The van der Waals surface area contributed by atoms with E-state index in [-0.39, 0.29) is 5.91 Å². The number of rotatable bonds is 5. The molecule has 1 saturated heterocycles. The molecule has 4 rings (SSSR count). The molecule has 8 heteroatoms. The number of carbonyl (C=O) groups is 1. The van der Waals surface area contributed by atoms with Crippen LogP contribution in [0.2, 0.25) is 0 Å². The molecule has 2 aromatic heterocycles. The normalized spacial score (nSPS) is 14.4. The summed E-state index contributed by atoms with van der Waals surface area (Å²) in [6.45, 7) is 3.96. The highest BCUT2D eigenvalue weighted by molar-refractivity contribution is 7.20. The van der Waals surface area contributed by atoms with Crippen LogP contribution < -0.4 is 19.7 Å². The Labute approximate surface area is 180 Å². The van der Waals surface area contributed by atoms with Crippen molar-refractivity contribution < 1.29 is 14.3 Å². The Morgan fingerprint density at radius 1 is 1.03 bits per heavy atom. The number of hydrogen-bond acceptors (Lipinski definition) is 7. The Kier molecular flexibility index (Phi) is 6.03. The van der Waals surface area contributed by atoms with E-state index in [1.807, 2.05) is 6.92 Å². The largest absolute Gasteiger partial charge is 0.497 e. The number of amides is 1. The fourth-order valence-electron chi connectivity index (χ4n) is 3.86. The summed E-state index contributed by atoms with van der Waals surface area (Å²) in [4.78, 5) is 26.0. The lowest BCUT2D eigenvalue weighted by Crippen LogP contribution is -2.25. The molecule has 1 amide bonds. The number of methoxy groups -OCH3 is 2. The van der Waals surface area contributed by atoms with E-state index in [4.69, 9.17) is 9.47 Å². The van der Waals surface area contributed by atoms with Crippen LogP contribution in [0.3, 0.4) is 0 Å². The minimum absolute atomic E-state index is 0.173. The zero-order valence-electron chi connectivity index (χ0n) is 17.5. The van der Waals surface area contributed by atoms with Crippen molar-refractivity contribution >= 4 is 39.0 Å². The molecule has 0 unspecified atom stereocenters. The first-order valence-corrected chi connectivity index (χ1v) is 11.0. The van der Waals surface area contributed by atoms with E-state index in [1.165, 1.54) is 37.0 Å². The molecule has 1 aliphatic rings. The van der Waals surface area contributed by atoms with E-state index in [0.717, 1.165) is 34.7 Å². The van der Waals surface area contributed by atoms with Crippen LogP contribution in [-0.4, -0.2) is 43.2 Å². The third kappa shape index (κ3) is 4.05. The molecule has 3 aromatic rings. The number of aromatic nitrogens is 2. The standard InChI is InChI=1S/C22H26N4O3S/c1-14-18-20(26-8-6-4-5-7-9-26)23-13-24-22(18)30-19(14)21(27)25-15-10-16(28-2)12-17(11-15)29-3/h10-13H,4-9H2,1-3H3,(H,25,27). The molecule has 1 aromatic carbocycles. The smallest absolute Gasteiger partial charge is 0.266 e. The number of fused-ring (bicyclic) bond motifs is 1. The van der Waals surface area contributed by atoms with Crippen LogP contribution in [0.4, 0.5) is 11.5 Å². The van der Waals surface area contributed by atoms with E-state index in [1.54, 1.807) is 38.7 Å². The molecule has 7 nitrogen and oxygen atoms in total. The minimum atomic E-state index is -0.173. The van der Waals surface area contributed by atoms with Gasteiger partial charge in [-0.05, 0) is 25.3 Å². The Bertz CT molecular complexity index is 1040. The average molecular weight is 427 g/mol. The van der Waals surface area contributed by atoms with Crippen LogP contribution >= 0.6 is 11.3 Å². The van der Waals surface area contributed by atoms with Gasteiger partial charge in [0.15, 0.2) is 0 Å². The Morgan fingerprint density at radius 3 is 2.33 bits per heavy atom. The maximum absolute atomic E-state index is 13.1. The van der Waals surface area contributed by atoms with E-state index >= 15 is 0 Å². The Morgan fingerprint density at radius 2 is 1.70 bits per heavy atom. The molecule has 30 heavy (non-hydrogen) atoms. The molecule has 0 spiro atoms. The zero-order valence-corrected chi connectivity index (χ0v) is 18.3. The van der Waals surface area contributed by atoms with Crippen LogP contribution in [0.5, 0.6) is 11.5 Å². The maximum atomic E-state index is 13.1. The monoisotopic (exact) mass is 426 g/mol. The maximum Gasteiger partial charge on any atom is 0.266 e. The van der Waals surface area contributed by atoms with Crippen molar-refractivity contribution in [1.29, 1.82) is 0 Å². The molecule has 158 valence electrons. The molecule has 0 aliphatic carbocycles. The van der Waals surface area contributed by atoms with E-state index in [9.17, 15) is 4.79 Å². The van der Waals surface area contributed by atoms with Gasteiger partial charge in [-0.1, -0.05) is 12.8 Å². The SMILES string of the molecule is COc1cc(NC(=O)c2sc3ncnc(N4CCCCCC4)c3c2C)cc(OC)c1. The molecular formula is C22H26N4O3S. The van der Waals surface area contributed by atoms with Gasteiger partial charge < -0.3 is 19.7 Å². The summed E-state index contributed by atoms with van der Waals surface area (Å²) in [6, 6.07) is 5.31. The zero-order chi connectivity index (χ0) is 21.1. The van der Waals surface area contributed by atoms with Crippen molar-refractivity contribution in [2.24, 2.45) is 0 Å². The Hall–Kier alpha value is -2.87. The van der Waals surface area contributed by atoms with Gasteiger partial charge in [-0.3, -0.25) is 4.79 Å². The first-order valence-electron chi connectivity index (χ1n) is 10.1. The lowest BCUT2D eigenvalue weighted by molar-refractivity contribution is 0.103. The molecule has 3 heterocycles. The number of hydrogen-bond donors (Lipinski definition) is 1. The molecule has 0 bridgehead atoms. The third-order valence-corrected chi connectivity index (χ3v) is 6.63. The molecular weight excluding hydrogens is 400 g/mol. The molecule has 1 aliphatic heterocycles. The number of nitrogens with zero attached hydrogens (tertiary/aromatic N) is 3. The molecule has 1 N–H and O–H groups in total. The number of nitrogens with one attached hydrogen (secondary N) is 1. The van der Waals surface area contributed by atoms with Crippen molar-refractivity contribution in [3.8, 4) is 11.5 Å². The number of carbonyl (C=O) groups excluding carboxylic acids is 1. The van der Waals surface area contributed by atoms with Gasteiger partial charge in [-0.15, -0.1) is 11.3 Å². The molecule has 0 saturated carbocycles. The quantitative estimate of drug-likeness (QED) is 0.640. The van der Waals surface area contributed by atoms with Gasteiger partial charge in [0.25, 0.3) is 5.91 Å². The number of anilines is 2. The second-order valence-corrected chi connectivity index (χ2v) is 8.39. The van der Waals surface area contributed by atoms with Crippen molar-refractivity contribution in [3.63, 3.8) is 0 Å². The predicted molar refractivity (Wildman–Crippen MR) is 120 cm³/mol. The summed E-state index contributed by atoms with van der Waals surface area (Å²) in [6.07, 6.45) is 6.45. The van der Waals surface area contributed by atoms with E-state index < -0.39 is 0 Å². The first kappa shape index (κ1) is 20.4. The summed E-state index contributed by atoms with van der Waals surface area (Å²) in [7, 11) is 3.17. The summed E-state index contributed by atoms with van der Waals surface area (Å²) < 4.78 is 10.6. The average Bonchev–Trinajstić information content (AvgIpc) is 2.93. The van der Waals surface area contributed by atoms with Crippen LogP contribution in [0.15, 0.2) is 24.5 Å². The van der Waals surface area contributed by atoms with Crippen molar-refractivity contribution in [2.75, 3.05) is 37.5 Å². The Balaban J connectivity index is 1.67. The highest BCUT2D eigenvalue weighted by atomic mass is 32.1. The summed E-state index contributed by atoms with van der Waals surface area (Å²) in [5.41, 5.74) is 1.54. The van der Waals surface area contributed by atoms with Crippen molar-refractivity contribution in [1.82, 2.24) is 9.97 Å². The second kappa shape index (κ2) is 8.87. The summed E-state index contributed by atoms with van der Waals surface area (Å²) in [5.74, 6) is 2.00. The lowest BCUT2D eigenvalue weighted by Gasteiger charge is -2.22. The summed E-state index contributed by atoms with van der Waals surface area (Å²) in [5, 5.41) is 3.95. The first-order chi connectivity index (χ1) is 14.6. The highest BCUT2D eigenvalue weighted by Crippen LogP contribution is 2.36. The third-order valence-electron chi connectivity index (χ3n) is 5.43. The van der Waals surface area contributed by atoms with E-state index in [0.29, 0.717) is 22.1 Å². The highest BCUT2D eigenvalue weighted by Gasteiger charge is 2.22. The van der Waals surface area contributed by atoms with E-state index in [2.05, 4.69) is 20.2 Å². The number of aryl methyl sites for hydroxylation is 1. The molecule has 0 radical (unpaired) electrons. The fraction of sp³-hybridized carbons (Fsp3) is 0.409. The second-order valence-electron chi connectivity index (χ2n) is 7.39. The van der Waals surface area contributed by atoms with Gasteiger partial charge in [0, 0.05) is 37.0 Å². The van der Waals surface area contributed by atoms with Gasteiger partial charge in [-0.2, -0.15) is 0 Å². The molecule has 0 atom stereocenters. The van der Waals surface area contributed by atoms with Gasteiger partial charge >= 0.3 is 0 Å². The summed E-state index contributed by atoms with van der Waals surface area (Å²) >= 11 is 1.40. The topological polar surface area (TPSA) is 76.6 Å². The van der Waals surface area contributed by atoms with Gasteiger partial charge in [0.2, 0.25) is 0 Å². The van der Waals surface area contributed by atoms with Crippen LogP contribution in [0.1, 0.15) is 40.9 Å². The predicted octanol–water partition coefficient (Wildman–Crippen LogP) is 4.65. The fourth-order valence-corrected chi connectivity index (χ4v) is 4.90. The number of ether oxygens (including phenoxy) is 2.